The van der Waals surface area contributed by atoms with Crippen LogP contribution in [-0.4, -0.2) is 23.9 Å². The molecule has 0 amide bonds. The summed E-state index contributed by atoms with van der Waals surface area (Å²) in [6.07, 6.45) is 4.64. The van der Waals surface area contributed by atoms with Crippen LogP contribution < -0.4 is 0 Å². The number of fused-ring (bicyclic) bond motifs is 2. The Bertz CT molecular complexity index is 165. The van der Waals surface area contributed by atoms with E-state index in [2.05, 4.69) is 19.1 Å². The second-order valence-corrected chi connectivity index (χ2v) is 3.16. The van der Waals surface area contributed by atoms with Crippen LogP contribution >= 0.6 is 0 Å². The molecule has 10 heavy (non-hydrogen) atoms. The van der Waals surface area contributed by atoms with Crippen LogP contribution in [0.3, 0.4) is 0 Å². The fourth-order valence-corrected chi connectivity index (χ4v) is 1.85. The van der Waals surface area contributed by atoms with E-state index < -0.39 is 0 Å². The minimum atomic E-state index is 0.199. The first-order valence-corrected chi connectivity index (χ1v) is 3.77. The van der Waals surface area contributed by atoms with Gasteiger partial charge in [-0.2, -0.15) is 0 Å². The fraction of sp³-hybridized carbons (Fsp3) is 0.750. The third-order valence-electron chi connectivity index (χ3n) is 2.63. The molecule has 2 heterocycles. The summed E-state index contributed by atoms with van der Waals surface area (Å²) in [5, 5.41) is 8.94. The van der Waals surface area contributed by atoms with Gasteiger partial charge in [-0.3, -0.25) is 0 Å². The fourth-order valence-electron chi connectivity index (χ4n) is 1.85. The van der Waals surface area contributed by atoms with Crippen molar-refractivity contribution in [2.24, 2.45) is 11.8 Å². The van der Waals surface area contributed by atoms with Gasteiger partial charge in [0.15, 0.2) is 0 Å². The lowest BCUT2D eigenvalue weighted by Crippen LogP contribution is -2.24. The second kappa shape index (κ2) is 2.07. The summed E-state index contributed by atoms with van der Waals surface area (Å²) in [5.74, 6) is 0.843. The van der Waals surface area contributed by atoms with Gasteiger partial charge in [-0.25, -0.2) is 0 Å². The molecule has 0 aromatic heterocycles. The number of ether oxygens (including phenoxy) is 1. The van der Waals surface area contributed by atoms with Crippen molar-refractivity contribution < 1.29 is 9.84 Å². The summed E-state index contributed by atoms with van der Waals surface area (Å²) in [6, 6.07) is 0. The van der Waals surface area contributed by atoms with Gasteiger partial charge in [0.25, 0.3) is 0 Å². The molecule has 1 fully saturated rings. The topological polar surface area (TPSA) is 29.5 Å². The first-order valence-electron chi connectivity index (χ1n) is 3.77. The molecule has 56 valence electrons. The summed E-state index contributed by atoms with van der Waals surface area (Å²) in [6.45, 7) is 2.39. The minimum absolute atomic E-state index is 0.199. The maximum Gasteiger partial charge on any atom is 0.0818 e. The Hall–Kier alpha value is -0.340. The molecule has 2 aliphatic heterocycles. The van der Waals surface area contributed by atoms with Crippen molar-refractivity contribution in [3.8, 4) is 0 Å². The molecule has 4 atom stereocenters. The van der Waals surface area contributed by atoms with Crippen molar-refractivity contribution in [3.05, 3.63) is 12.2 Å². The molecular weight excluding hydrogens is 128 g/mol. The van der Waals surface area contributed by atoms with Crippen molar-refractivity contribution in [1.29, 1.82) is 0 Å². The van der Waals surface area contributed by atoms with Crippen LogP contribution in [0.1, 0.15) is 6.92 Å². The normalized spacial score (nSPS) is 50.6. The monoisotopic (exact) mass is 140 g/mol. The van der Waals surface area contributed by atoms with E-state index in [-0.39, 0.29) is 18.8 Å². The standard InChI is InChI=1S/C8H12O2/c1-5-6(4-9)8-3-2-7(5)10-8/h2-3,5-9H,4H2,1H3/t5?,6-,7-,8+/m1/s1. The summed E-state index contributed by atoms with van der Waals surface area (Å²) in [7, 11) is 0. The smallest absolute Gasteiger partial charge is 0.0818 e. The van der Waals surface area contributed by atoms with E-state index in [0.717, 1.165) is 0 Å². The van der Waals surface area contributed by atoms with Crippen LogP contribution in [0, 0.1) is 11.8 Å². The lowest BCUT2D eigenvalue weighted by atomic mass is 9.85. The highest BCUT2D eigenvalue weighted by Crippen LogP contribution is 2.37. The quantitative estimate of drug-likeness (QED) is 0.539. The molecule has 1 unspecified atom stereocenters. The van der Waals surface area contributed by atoms with Gasteiger partial charge in [-0.05, 0) is 5.92 Å². The van der Waals surface area contributed by atoms with Crippen molar-refractivity contribution in [1.82, 2.24) is 0 Å². The summed E-state index contributed by atoms with van der Waals surface area (Å²) in [5.41, 5.74) is 0. The maximum atomic E-state index is 8.94. The van der Waals surface area contributed by atoms with Gasteiger partial charge >= 0.3 is 0 Å². The van der Waals surface area contributed by atoms with Crippen LogP contribution in [0.2, 0.25) is 0 Å². The SMILES string of the molecule is CC1[C@@H](CO)[C@@H]2C=C[C@H]1O2. The second-order valence-electron chi connectivity index (χ2n) is 3.16. The molecule has 0 radical (unpaired) electrons. The molecule has 1 saturated heterocycles. The van der Waals surface area contributed by atoms with Crippen molar-refractivity contribution in [3.63, 3.8) is 0 Å². The number of hydrogen-bond acceptors (Lipinski definition) is 2. The predicted octanol–water partition coefficient (Wildman–Crippen LogP) is 0.568. The van der Waals surface area contributed by atoms with E-state index in [1.54, 1.807) is 0 Å². The summed E-state index contributed by atoms with van der Waals surface area (Å²) < 4.78 is 5.52. The highest BCUT2D eigenvalue weighted by molar-refractivity contribution is 5.13. The number of rotatable bonds is 1. The van der Waals surface area contributed by atoms with Gasteiger partial charge in [0.2, 0.25) is 0 Å². The van der Waals surface area contributed by atoms with Crippen molar-refractivity contribution in [2.45, 2.75) is 19.1 Å². The molecule has 2 rings (SSSR count). The molecule has 0 aromatic rings. The molecule has 0 spiro atoms. The molecule has 2 heteroatoms. The Labute approximate surface area is 60.5 Å². The number of aliphatic hydroxyl groups is 1. The van der Waals surface area contributed by atoms with E-state index in [1.807, 2.05) is 0 Å². The zero-order valence-electron chi connectivity index (χ0n) is 6.03. The highest BCUT2D eigenvalue weighted by Gasteiger charge is 2.42. The molecule has 2 aliphatic rings. The molecule has 0 saturated carbocycles. The van der Waals surface area contributed by atoms with Crippen LogP contribution in [-0.2, 0) is 4.74 Å². The zero-order valence-corrected chi connectivity index (χ0v) is 6.03. The molecule has 0 aliphatic carbocycles. The third-order valence-corrected chi connectivity index (χ3v) is 2.63. The van der Waals surface area contributed by atoms with Crippen molar-refractivity contribution in [2.75, 3.05) is 6.61 Å². The maximum absolute atomic E-state index is 8.94. The van der Waals surface area contributed by atoms with E-state index in [0.29, 0.717) is 11.8 Å². The minimum Gasteiger partial charge on any atom is -0.396 e. The van der Waals surface area contributed by atoms with Crippen molar-refractivity contribution >= 4 is 0 Å². The van der Waals surface area contributed by atoms with Gasteiger partial charge in [0.05, 0.1) is 12.2 Å². The number of hydrogen-bond donors (Lipinski definition) is 1. The van der Waals surface area contributed by atoms with Gasteiger partial charge in [0.1, 0.15) is 0 Å². The molecule has 2 bridgehead atoms. The lowest BCUT2D eigenvalue weighted by molar-refractivity contribution is 0.0941. The largest absolute Gasteiger partial charge is 0.396 e. The number of aliphatic hydroxyl groups excluding tert-OH is 1. The van der Waals surface area contributed by atoms with Gasteiger partial charge in [-0.1, -0.05) is 19.1 Å². The van der Waals surface area contributed by atoms with Crippen LogP contribution in [0.15, 0.2) is 12.2 Å². The first-order chi connectivity index (χ1) is 4.83. The average molecular weight is 140 g/mol. The first kappa shape index (κ1) is 6.38. The highest BCUT2D eigenvalue weighted by atomic mass is 16.5. The van der Waals surface area contributed by atoms with Gasteiger partial charge in [-0.15, -0.1) is 0 Å². The van der Waals surface area contributed by atoms with E-state index in [4.69, 9.17) is 9.84 Å². The van der Waals surface area contributed by atoms with E-state index in [1.165, 1.54) is 0 Å². The molecule has 0 aromatic carbocycles. The Balaban J connectivity index is 2.18. The molecule has 1 N–H and O–H groups in total. The average Bonchev–Trinajstić information content (AvgIpc) is 2.46. The van der Waals surface area contributed by atoms with Crippen LogP contribution in [0.5, 0.6) is 0 Å². The van der Waals surface area contributed by atoms with Crippen LogP contribution in [0.4, 0.5) is 0 Å². The van der Waals surface area contributed by atoms with E-state index in [9.17, 15) is 0 Å². The molecule has 2 nitrogen and oxygen atoms in total. The zero-order chi connectivity index (χ0) is 7.14. The summed E-state index contributed by atoms with van der Waals surface area (Å²) in [4.78, 5) is 0. The van der Waals surface area contributed by atoms with E-state index >= 15 is 0 Å². The Morgan fingerprint density at radius 1 is 1.40 bits per heavy atom. The summed E-state index contributed by atoms with van der Waals surface area (Å²) >= 11 is 0. The lowest BCUT2D eigenvalue weighted by Gasteiger charge is -2.18. The molecular formula is C8H12O2. The predicted molar refractivity (Wildman–Crippen MR) is 37.5 cm³/mol. The van der Waals surface area contributed by atoms with Gasteiger partial charge < -0.3 is 9.84 Å². The van der Waals surface area contributed by atoms with Crippen LogP contribution in [0.25, 0.3) is 0 Å². The Morgan fingerprint density at radius 3 is 2.50 bits per heavy atom. The Morgan fingerprint density at radius 2 is 2.10 bits per heavy atom. The van der Waals surface area contributed by atoms with Gasteiger partial charge in [0, 0.05) is 12.5 Å². The Kier molecular flexibility index (Phi) is 1.32. The third kappa shape index (κ3) is 0.662.